The minimum atomic E-state index is -0.634. The molecule has 0 atom stereocenters. The van der Waals surface area contributed by atoms with Crippen molar-refractivity contribution >= 4 is 36.4 Å². The molecule has 0 radical (unpaired) electrons. The Morgan fingerprint density at radius 3 is 2.44 bits per heavy atom. The summed E-state index contributed by atoms with van der Waals surface area (Å²) in [5.41, 5.74) is 6.23. The number of benzene rings is 1. The van der Waals surface area contributed by atoms with Crippen LogP contribution in [0.2, 0.25) is 0 Å². The zero-order chi connectivity index (χ0) is 18.3. The number of halogens is 3. The van der Waals surface area contributed by atoms with E-state index in [1.165, 1.54) is 12.1 Å². The first-order valence-corrected chi connectivity index (χ1v) is 8.38. The van der Waals surface area contributed by atoms with E-state index >= 15 is 0 Å². The molecule has 0 aliphatic rings. The van der Waals surface area contributed by atoms with Crippen LogP contribution < -0.4 is 15.8 Å². The molecule has 1 aromatic heterocycles. The molecule has 0 bridgehead atoms. The van der Waals surface area contributed by atoms with E-state index in [1.54, 1.807) is 24.4 Å². The largest absolute Gasteiger partial charge is 0.484 e. The Balaban J connectivity index is 0.00000338. The zero-order valence-corrected chi connectivity index (χ0v) is 17.0. The van der Waals surface area contributed by atoms with Crippen LogP contribution in [0.1, 0.15) is 32.4 Å². The summed E-state index contributed by atoms with van der Waals surface area (Å²) < 4.78 is 19.7. The van der Waals surface area contributed by atoms with E-state index in [-0.39, 0.29) is 49.6 Å². The van der Waals surface area contributed by atoms with Crippen molar-refractivity contribution in [2.75, 3.05) is 11.9 Å². The van der Waals surface area contributed by atoms with Gasteiger partial charge in [-0.15, -0.1) is 24.8 Å². The minimum absolute atomic E-state index is 0. The fourth-order valence-electron chi connectivity index (χ4n) is 2.55. The van der Waals surface area contributed by atoms with Crippen LogP contribution in [0.25, 0.3) is 0 Å². The Morgan fingerprint density at radius 2 is 1.93 bits per heavy atom. The number of amides is 1. The maximum atomic E-state index is 14.2. The van der Waals surface area contributed by atoms with Crippen molar-refractivity contribution in [2.24, 2.45) is 11.1 Å². The molecule has 0 saturated carbocycles. The van der Waals surface area contributed by atoms with Crippen molar-refractivity contribution in [3.63, 3.8) is 0 Å². The van der Waals surface area contributed by atoms with E-state index in [0.29, 0.717) is 24.2 Å². The Kier molecular flexibility index (Phi) is 10.9. The van der Waals surface area contributed by atoms with Crippen LogP contribution in [0.5, 0.6) is 5.75 Å². The predicted octanol–water partition coefficient (Wildman–Crippen LogP) is 4.35. The second-order valence-electron chi connectivity index (χ2n) is 5.90. The zero-order valence-electron chi connectivity index (χ0n) is 15.4. The molecule has 150 valence electrons. The molecule has 5 nitrogen and oxygen atoms in total. The first kappa shape index (κ1) is 25.1. The lowest BCUT2D eigenvalue weighted by molar-refractivity contribution is -0.125. The Labute approximate surface area is 171 Å². The highest BCUT2D eigenvalue weighted by atomic mass is 35.5. The maximum Gasteiger partial charge on any atom is 0.231 e. The smallest absolute Gasteiger partial charge is 0.231 e. The van der Waals surface area contributed by atoms with Gasteiger partial charge in [-0.2, -0.15) is 0 Å². The van der Waals surface area contributed by atoms with Crippen LogP contribution in [0.15, 0.2) is 42.6 Å². The van der Waals surface area contributed by atoms with Crippen molar-refractivity contribution in [2.45, 2.75) is 33.3 Å². The first-order chi connectivity index (χ1) is 12.0. The minimum Gasteiger partial charge on any atom is -0.484 e. The fourth-order valence-corrected chi connectivity index (χ4v) is 2.55. The summed E-state index contributed by atoms with van der Waals surface area (Å²) in [6.07, 6.45) is 2.90. The van der Waals surface area contributed by atoms with Crippen LogP contribution in [0, 0.1) is 11.2 Å². The monoisotopic (exact) mass is 417 g/mol. The van der Waals surface area contributed by atoms with E-state index < -0.39 is 11.2 Å². The third-order valence-corrected chi connectivity index (χ3v) is 4.52. The fraction of sp³-hybridized carbons (Fsp3) is 0.368. The normalized spacial score (nSPS) is 10.4. The van der Waals surface area contributed by atoms with Crippen molar-refractivity contribution in [3.8, 4) is 5.75 Å². The second-order valence-corrected chi connectivity index (χ2v) is 5.90. The molecule has 3 N–H and O–H groups in total. The van der Waals surface area contributed by atoms with Crippen molar-refractivity contribution in [1.82, 2.24) is 4.98 Å². The molecular formula is C19H26Cl2FN3O2. The number of hydrogen-bond acceptors (Lipinski definition) is 4. The van der Waals surface area contributed by atoms with Crippen LogP contribution in [-0.2, 0) is 11.4 Å². The maximum absolute atomic E-state index is 14.2. The number of hydrogen-bond donors (Lipinski definition) is 2. The average molecular weight is 418 g/mol. The molecular weight excluding hydrogens is 392 g/mol. The molecule has 27 heavy (non-hydrogen) atoms. The summed E-state index contributed by atoms with van der Waals surface area (Å²) in [4.78, 5) is 16.6. The predicted molar refractivity (Wildman–Crippen MR) is 110 cm³/mol. The van der Waals surface area contributed by atoms with E-state index in [4.69, 9.17) is 10.5 Å². The number of nitrogens with one attached hydrogen (secondary N) is 1. The lowest BCUT2D eigenvalue weighted by Gasteiger charge is -2.28. The van der Waals surface area contributed by atoms with Gasteiger partial charge in [-0.05, 0) is 37.1 Å². The molecule has 1 heterocycles. The lowest BCUT2D eigenvalue weighted by atomic mass is 9.81. The standard InChI is InChI=1S/C19H24FN3O2.2ClH/c1-3-19(4-2,13-21)18(24)23-14-8-9-17(16(20)11-14)25-12-15-7-5-6-10-22-15;;/h5-11H,3-4,12-13,21H2,1-2H3,(H,23,24);2*1H. The molecule has 0 aliphatic carbocycles. The molecule has 1 aromatic carbocycles. The van der Waals surface area contributed by atoms with E-state index in [0.717, 1.165) is 0 Å². The van der Waals surface area contributed by atoms with Gasteiger partial charge in [0.1, 0.15) is 6.61 Å². The van der Waals surface area contributed by atoms with Gasteiger partial charge in [-0.3, -0.25) is 9.78 Å². The summed E-state index contributed by atoms with van der Waals surface area (Å²) in [7, 11) is 0. The highest BCUT2D eigenvalue weighted by Gasteiger charge is 2.33. The summed E-state index contributed by atoms with van der Waals surface area (Å²) >= 11 is 0. The number of carbonyl (C=O) groups is 1. The highest BCUT2D eigenvalue weighted by Crippen LogP contribution is 2.28. The summed E-state index contributed by atoms with van der Waals surface area (Å²) in [6.45, 7) is 4.27. The van der Waals surface area contributed by atoms with Crippen LogP contribution in [0.4, 0.5) is 10.1 Å². The third-order valence-electron chi connectivity index (χ3n) is 4.52. The number of nitrogens with zero attached hydrogens (tertiary/aromatic N) is 1. The van der Waals surface area contributed by atoms with Gasteiger partial charge in [-0.25, -0.2) is 4.39 Å². The van der Waals surface area contributed by atoms with Crippen LogP contribution in [-0.4, -0.2) is 17.4 Å². The SMILES string of the molecule is CCC(CC)(CN)C(=O)Nc1ccc(OCc2ccccn2)c(F)c1.Cl.Cl. The van der Waals surface area contributed by atoms with Crippen LogP contribution in [0.3, 0.4) is 0 Å². The van der Waals surface area contributed by atoms with Gasteiger partial charge in [0.25, 0.3) is 0 Å². The van der Waals surface area contributed by atoms with Gasteiger partial charge < -0.3 is 15.8 Å². The Hall–Kier alpha value is -1.89. The van der Waals surface area contributed by atoms with Crippen molar-refractivity contribution < 1.29 is 13.9 Å². The highest BCUT2D eigenvalue weighted by molar-refractivity contribution is 5.95. The summed E-state index contributed by atoms with van der Waals surface area (Å²) in [5, 5.41) is 2.75. The van der Waals surface area contributed by atoms with Gasteiger partial charge in [0.2, 0.25) is 5.91 Å². The van der Waals surface area contributed by atoms with E-state index in [1.807, 2.05) is 19.9 Å². The summed E-state index contributed by atoms with van der Waals surface area (Å²) in [5.74, 6) is -0.624. The molecule has 0 saturated heterocycles. The quantitative estimate of drug-likeness (QED) is 0.669. The summed E-state index contributed by atoms with van der Waals surface area (Å²) in [6, 6.07) is 9.80. The van der Waals surface area contributed by atoms with Gasteiger partial charge >= 0.3 is 0 Å². The van der Waals surface area contributed by atoms with E-state index in [2.05, 4.69) is 10.3 Å². The number of anilines is 1. The van der Waals surface area contributed by atoms with E-state index in [9.17, 15) is 9.18 Å². The molecule has 8 heteroatoms. The topological polar surface area (TPSA) is 77.2 Å². The number of aromatic nitrogens is 1. The Morgan fingerprint density at radius 1 is 1.22 bits per heavy atom. The van der Waals surface area contributed by atoms with Gasteiger partial charge in [0.15, 0.2) is 11.6 Å². The Bertz CT molecular complexity index is 705. The number of ether oxygens (including phenoxy) is 1. The second kappa shape index (κ2) is 11.7. The van der Waals surface area contributed by atoms with Gasteiger partial charge in [-0.1, -0.05) is 19.9 Å². The number of pyridine rings is 1. The molecule has 0 aliphatic heterocycles. The third kappa shape index (κ3) is 6.34. The van der Waals surface area contributed by atoms with Gasteiger partial charge in [0.05, 0.1) is 11.1 Å². The molecule has 1 amide bonds. The van der Waals surface area contributed by atoms with Crippen molar-refractivity contribution in [3.05, 3.63) is 54.1 Å². The molecule has 0 fully saturated rings. The molecule has 0 unspecified atom stereocenters. The number of carbonyl (C=O) groups excluding carboxylic acids is 1. The number of rotatable bonds is 8. The lowest BCUT2D eigenvalue weighted by Crippen LogP contribution is -2.41. The van der Waals surface area contributed by atoms with Crippen molar-refractivity contribution in [1.29, 1.82) is 0 Å². The molecule has 2 rings (SSSR count). The van der Waals surface area contributed by atoms with Crippen LogP contribution >= 0.6 is 24.8 Å². The molecule has 2 aromatic rings. The average Bonchev–Trinajstić information content (AvgIpc) is 2.64. The number of nitrogens with two attached hydrogens (primary N) is 1. The first-order valence-electron chi connectivity index (χ1n) is 8.38. The molecule has 0 spiro atoms. The van der Waals surface area contributed by atoms with Gasteiger partial charge in [0, 0.05) is 24.5 Å².